The van der Waals surface area contributed by atoms with E-state index in [-0.39, 0.29) is 23.6 Å². The fraction of sp³-hybridized carbons (Fsp3) is 0.385. The first kappa shape index (κ1) is 18.1. The standard InChI is InChI=1S/C13H18N2O6S/c1-15(9-12(16)17)13(18)10-3-5-11(6-4-10)22(19,20)14-7-8-21-2/h3-6,14H,7-9H2,1-2H3,(H,16,17). The number of sulfonamides is 1. The molecule has 0 spiro atoms. The number of rotatable bonds is 8. The van der Waals surface area contributed by atoms with Crippen molar-refractivity contribution in [2.45, 2.75) is 4.90 Å². The maximum atomic E-state index is 11.9. The molecule has 1 amide bonds. The van der Waals surface area contributed by atoms with Gasteiger partial charge in [-0.1, -0.05) is 0 Å². The first-order valence-electron chi connectivity index (χ1n) is 6.34. The molecule has 2 N–H and O–H groups in total. The zero-order valence-electron chi connectivity index (χ0n) is 12.3. The highest BCUT2D eigenvalue weighted by Crippen LogP contribution is 2.11. The Balaban J connectivity index is 2.82. The summed E-state index contributed by atoms with van der Waals surface area (Å²) in [4.78, 5) is 23.5. The summed E-state index contributed by atoms with van der Waals surface area (Å²) < 4.78 is 31.0. The zero-order chi connectivity index (χ0) is 16.8. The SMILES string of the molecule is COCCNS(=O)(=O)c1ccc(C(=O)N(C)CC(=O)O)cc1. The predicted molar refractivity (Wildman–Crippen MR) is 78.1 cm³/mol. The molecule has 1 rings (SSSR count). The van der Waals surface area contributed by atoms with Gasteiger partial charge in [0, 0.05) is 26.3 Å². The molecule has 8 nitrogen and oxygen atoms in total. The quantitative estimate of drug-likeness (QED) is 0.637. The van der Waals surface area contributed by atoms with Crippen LogP contribution in [0.2, 0.25) is 0 Å². The van der Waals surface area contributed by atoms with Crippen molar-refractivity contribution in [1.29, 1.82) is 0 Å². The minimum Gasteiger partial charge on any atom is -0.480 e. The third-order valence-corrected chi connectivity index (χ3v) is 4.21. The number of carboxylic acids is 1. The smallest absolute Gasteiger partial charge is 0.323 e. The Morgan fingerprint density at radius 1 is 1.27 bits per heavy atom. The molecule has 22 heavy (non-hydrogen) atoms. The molecule has 0 aromatic heterocycles. The number of benzene rings is 1. The lowest BCUT2D eigenvalue weighted by atomic mass is 10.2. The van der Waals surface area contributed by atoms with Gasteiger partial charge in [-0.15, -0.1) is 0 Å². The molecule has 0 radical (unpaired) electrons. The van der Waals surface area contributed by atoms with Crippen molar-refractivity contribution in [2.24, 2.45) is 0 Å². The zero-order valence-corrected chi connectivity index (χ0v) is 13.1. The van der Waals surface area contributed by atoms with Gasteiger partial charge >= 0.3 is 5.97 Å². The lowest BCUT2D eigenvalue weighted by Gasteiger charge is -2.14. The first-order chi connectivity index (χ1) is 10.3. The fourth-order valence-corrected chi connectivity index (χ4v) is 2.65. The van der Waals surface area contributed by atoms with Crippen LogP contribution in [0.25, 0.3) is 0 Å². The van der Waals surface area contributed by atoms with Crippen LogP contribution in [0.5, 0.6) is 0 Å². The average Bonchev–Trinajstić information content (AvgIpc) is 2.46. The summed E-state index contributed by atoms with van der Waals surface area (Å²) in [6.45, 7) is -0.0475. The van der Waals surface area contributed by atoms with Crippen LogP contribution in [-0.2, 0) is 19.6 Å². The fourth-order valence-electron chi connectivity index (χ4n) is 1.63. The number of amides is 1. The van der Waals surface area contributed by atoms with E-state index in [9.17, 15) is 18.0 Å². The first-order valence-corrected chi connectivity index (χ1v) is 7.82. The van der Waals surface area contributed by atoms with Gasteiger partial charge in [-0.25, -0.2) is 13.1 Å². The normalized spacial score (nSPS) is 11.2. The van der Waals surface area contributed by atoms with Crippen LogP contribution in [0.1, 0.15) is 10.4 Å². The van der Waals surface area contributed by atoms with E-state index < -0.39 is 28.4 Å². The van der Waals surface area contributed by atoms with Crippen molar-refractivity contribution in [1.82, 2.24) is 9.62 Å². The molecule has 0 saturated heterocycles. The second-order valence-electron chi connectivity index (χ2n) is 4.47. The summed E-state index contributed by atoms with van der Waals surface area (Å²) >= 11 is 0. The molecule has 122 valence electrons. The molecule has 1 aromatic carbocycles. The molecule has 0 saturated carbocycles. The van der Waals surface area contributed by atoms with Gasteiger partial charge in [0.25, 0.3) is 5.91 Å². The maximum Gasteiger partial charge on any atom is 0.323 e. The van der Waals surface area contributed by atoms with Gasteiger partial charge in [-0.2, -0.15) is 0 Å². The Labute approximate surface area is 128 Å². The Morgan fingerprint density at radius 2 is 1.86 bits per heavy atom. The Bertz CT molecular complexity index is 626. The van der Waals surface area contributed by atoms with Crippen LogP contribution in [0.3, 0.4) is 0 Å². The van der Waals surface area contributed by atoms with Crippen LogP contribution in [0.4, 0.5) is 0 Å². The monoisotopic (exact) mass is 330 g/mol. The van der Waals surface area contributed by atoms with Crippen molar-refractivity contribution < 1.29 is 27.9 Å². The average molecular weight is 330 g/mol. The van der Waals surface area contributed by atoms with Gasteiger partial charge in [0.1, 0.15) is 6.54 Å². The van der Waals surface area contributed by atoms with E-state index in [1.165, 1.54) is 38.4 Å². The summed E-state index contributed by atoms with van der Waals surface area (Å²) in [5, 5.41) is 8.64. The number of hydrogen-bond donors (Lipinski definition) is 2. The molecule has 0 aliphatic carbocycles. The number of ether oxygens (including phenoxy) is 1. The van der Waals surface area contributed by atoms with Gasteiger partial charge in [0.2, 0.25) is 10.0 Å². The highest BCUT2D eigenvalue weighted by atomic mass is 32.2. The maximum absolute atomic E-state index is 11.9. The molecule has 0 atom stereocenters. The molecular weight excluding hydrogens is 312 g/mol. The van der Waals surface area contributed by atoms with Crippen molar-refractivity contribution in [3.63, 3.8) is 0 Å². The van der Waals surface area contributed by atoms with Crippen molar-refractivity contribution >= 4 is 21.9 Å². The number of methoxy groups -OCH3 is 1. The second-order valence-corrected chi connectivity index (χ2v) is 6.24. The molecule has 0 aliphatic heterocycles. The van der Waals surface area contributed by atoms with E-state index >= 15 is 0 Å². The van der Waals surface area contributed by atoms with Crippen LogP contribution < -0.4 is 4.72 Å². The van der Waals surface area contributed by atoms with Gasteiger partial charge in [-0.05, 0) is 24.3 Å². The number of aliphatic carboxylic acids is 1. The van der Waals surface area contributed by atoms with Gasteiger partial charge in [-0.3, -0.25) is 9.59 Å². The van der Waals surface area contributed by atoms with Gasteiger partial charge in [0.15, 0.2) is 0 Å². The summed E-state index contributed by atoms with van der Waals surface area (Å²) in [5.74, 6) is -1.63. The third kappa shape index (κ3) is 5.10. The number of hydrogen-bond acceptors (Lipinski definition) is 5. The molecule has 1 aromatic rings. The summed E-state index contributed by atoms with van der Waals surface area (Å²) in [5.41, 5.74) is 0.208. The Hall–Kier alpha value is -1.97. The molecule has 0 bridgehead atoms. The number of nitrogens with one attached hydrogen (secondary N) is 1. The Morgan fingerprint density at radius 3 is 2.36 bits per heavy atom. The number of carboxylic acid groups (broad SMARTS) is 1. The van der Waals surface area contributed by atoms with Gasteiger partial charge in [0.05, 0.1) is 11.5 Å². The molecular formula is C13H18N2O6S. The highest BCUT2D eigenvalue weighted by Gasteiger charge is 2.17. The molecule has 0 fully saturated rings. The molecule has 0 unspecified atom stereocenters. The van der Waals surface area contributed by atoms with Crippen LogP contribution in [-0.4, -0.2) is 64.2 Å². The van der Waals surface area contributed by atoms with Crippen molar-refractivity contribution in [3.8, 4) is 0 Å². The summed E-state index contributed by atoms with van der Waals surface area (Å²) in [6, 6.07) is 5.26. The molecule has 0 aliphatic rings. The summed E-state index contributed by atoms with van der Waals surface area (Å²) in [7, 11) is -0.848. The lowest BCUT2D eigenvalue weighted by molar-refractivity contribution is -0.137. The van der Waals surface area contributed by atoms with E-state index in [4.69, 9.17) is 9.84 Å². The van der Waals surface area contributed by atoms with Crippen LogP contribution >= 0.6 is 0 Å². The van der Waals surface area contributed by atoms with E-state index in [1.54, 1.807) is 0 Å². The van der Waals surface area contributed by atoms with E-state index in [1.807, 2.05) is 0 Å². The molecule has 0 heterocycles. The Kier molecular flexibility index (Phi) is 6.47. The predicted octanol–water partition coefficient (Wildman–Crippen LogP) is -0.232. The van der Waals surface area contributed by atoms with Gasteiger partial charge < -0.3 is 14.7 Å². The van der Waals surface area contributed by atoms with E-state index in [0.29, 0.717) is 0 Å². The minimum absolute atomic E-state index is 0.0149. The van der Waals surface area contributed by atoms with Crippen molar-refractivity contribution in [2.75, 3.05) is 33.9 Å². The van der Waals surface area contributed by atoms with Crippen LogP contribution in [0, 0.1) is 0 Å². The number of carbonyl (C=O) groups is 2. The van der Waals surface area contributed by atoms with Crippen molar-refractivity contribution in [3.05, 3.63) is 29.8 Å². The highest BCUT2D eigenvalue weighted by molar-refractivity contribution is 7.89. The number of likely N-dealkylation sites (N-methyl/N-ethyl adjacent to an activating group) is 1. The lowest BCUT2D eigenvalue weighted by Crippen LogP contribution is -2.32. The number of nitrogens with zero attached hydrogens (tertiary/aromatic N) is 1. The topological polar surface area (TPSA) is 113 Å². The van der Waals surface area contributed by atoms with E-state index in [0.717, 1.165) is 4.90 Å². The summed E-state index contributed by atoms with van der Waals surface area (Å²) in [6.07, 6.45) is 0. The third-order valence-electron chi connectivity index (χ3n) is 2.73. The molecule has 9 heteroatoms. The van der Waals surface area contributed by atoms with Crippen LogP contribution in [0.15, 0.2) is 29.2 Å². The van der Waals surface area contributed by atoms with E-state index in [2.05, 4.69) is 4.72 Å². The number of carbonyl (C=O) groups excluding carboxylic acids is 1. The minimum atomic E-state index is -3.66. The largest absolute Gasteiger partial charge is 0.480 e. The second kappa shape index (κ2) is 7.87.